The smallest absolute Gasteiger partial charge is 0.408 e. The highest BCUT2D eigenvalue weighted by Gasteiger charge is 2.29. The lowest BCUT2D eigenvalue weighted by molar-refractivity contribution is -0.137. The van der Waals surface area contributed by atoms with E-state index in [0.717, 1.165) is 17.0 Å². The fourth-order valence-electron chi connectivity index (χ4n) is 1.80. The number of alkyl halides is 3. The molecule has 114 valence electrons. The van der Waals surface area contributed by atoms with E-state index in [0.29, 0.717) is 18.0 Å². The SMILES string of the molecule is FC(F)(F)c1ccc(Nc2nnc(Cc3cccs3)o2)cc1. The summed E-state index contributed by atoms with van der Waals surface area (Å²) in [6.07, 6.45) is -3.82. The summed E-state index contributed by atoms with van der Waals surface area (Å²) in [6, 6.07) is 8.63. The molecular weight excluding hydrogens is 315 g/mol. The number of hydrogen-bond donors (Lipinski definition) is 1. The van der Waals surface area contributed by atoms with Crippen molar-refractivity contribution in [3.63, 3.8) is 0 Å². The number of nitrogens with one attached hydrogen (secondary N) is 1. The summed E-state index contributed by atoms with van der Waals surface area (Å²) >= 11 is 1.58. The van der Waals surface area contributed by atoms with Crippen LogP contribution >= 0.6 is 11.3 Å². The van der Waals surface area contributed by atoms with Gasteiger partial charge in [0.2, 0.25) is 5.89 Å². The highest BCUT2D eigenvalue weighted by molar-refractivity contribution is 7.09. The molecule has 1 aromatic carbocycles. The van der Waals surface area contributed by atoms with Crippen LogP contribution in [0.2, 0.25) is 0 Å². The Kier molecular flexibility index (Phi) is 3.84. The maximum Gasteiger partial charge on any atom is 0.416 e. The van der Waals surface area contributed by atoms with Gasteiger partial charge in [0.25, 0.3) is 0 Å². The Balaban J connectivity index is 1.67. The minimum absolute atomic E-state index is 0.145. The maximum absolute atomic E-state index is 12.5. The monoisotopic (exact) mass is 325 g/mol. The van der Waals surface area contributed by atoms with Crippen LogP contribution in [0.15, 0.2) is 46.2 Å². The Morgan fingerprint density at radius 2 is 1.86 bits per heavy atom. The normalized spacial score (nSPS) is 11.6. The second kappa shape index (κ2) is 5.80. The molecule has 0 unspecified atom stereocenters. The molecule has 0 saturated heterocycles. The van der Waals surface area contributed by atoms with Crippen molar-refractivity contribution in [3.05, 3.63) is 58.1 Å². The second-order valence-electron chi connectivity index (χ2n) is 4.46. The highest BCUT2D eigenvalue weighted by atomic mass is 32.1. The van der Waals surface area contributed by atoms with Crippen LogP contribution in [-0.2, 0) is 12.6 Å². The number of thiophene rings is 1. The molecule has 4 nitrogen and oxygen atoms in total. The van der Waals surface area contributed by atoms with E-state index in [4.69, 9.17) is 4.42 Å². The fraction of sp³-hybridized carbons (Fsp3) is 0.143. The zero-order valence-corrected chi connectivity index (χ0v) is 11.9. The molecule has 8 heteroatoms. The minimum atomic E-state index is -4.35. The maximum atomic E-state index is 12.5. The van der Waals surface area contributed by atoms with Crippen LogP contribution in [0.5, 0.6) is 0 Å². The average Bonchev–Trinajstić information content (AvgIpc) is 3.11. The third-order valence-corrected chi connectivity index (χ3v) is 3.71. The summed E-state index contributed by atoms with van der Waals surface area (Å²) in [7, 11) is 0. The Morgan fingerprint density at radius 1 is 1.09 bits per heavy atom. The van der Waals surface area contributed by atoms with Gasteiger partial charge in [-0.25, -0.2) is 0 Å². The Labute approximate surface area is 127 Å². The molecule has 0 bridgehead atoms. The number of anilines is 2. The van der Waals surface area contributed by atoms with Gasteiger partial charge in [-0.15, -0.1) is 16.4 Å². The van der Waals surface area contributed by atoms with Crippen molar-refractivity contribution in [1.29, 1.82) is 0 Å². The molecular formula is C14H10F3N3OS. The molecule has 0 aliphatic heterocycles. The summed E-state index contributed by atoms with van der Waals surface area (Å²) in [6.45, 7) is 0. The summed E-state index contributed by atoms with van der Waals surface area (Å²) in [5.41, 5.74) is -0.263. The van der Waals surface area contributed by atoms with Crippen molar-refractivity contribution in [2.75, 3.05) is 5.32 Å². The Bertz CT molecular complexity index is 736. The second-order valence-corrected chi connectivity index (χ2v) is 5.49. The third kappa shape index (κ3) is 3.45. The first-order chi connectivity index (χ1) is 10.5. The van der Waals surface area contributed by atoms with Gasteiger partial charge in [-0.1, -0.05) is 11.2 Å². The first kappa shape index (κ1) is 14.6. The molecule has 22 heavy (non-hydrogen) atoms. The largest absolute Gasteiger partial charge is 0.416 e. The third-order valence-electron chi connectivity index (χ3n) is 2.84. The first-order valence-corrected chi connectivity index (χ1v) is 7.18. The number of aromatic nitrogens is 2. The Morgan fingerprint density at radius 3 is 2.50 bits per heavy atom. The molecule has 0 spiro atoms. The predicted octanol–water partition coefficient (Wildman–Crippen LogP) is 4.48. The zero-order chi connectivity index (χ0) is 15.6. The van der Waals surface area contributed by atoms with Crippen molar-refractivity contribution in [1.82, 2.24) is 10.2 Å². The van der Waals surface area contributed by atoms with E-state index in [1.807, 2.05) is 17.5 Å². The average molecular weight is 325 g/mol. The molecule has 0 aliphatic rings. The van der Waals surface area contributed by atoms with Crippen LogP contribution in [-0.4, -0.2) is 10.2 Å². The van der Waals surface area contributed by atoms with Crippen molar-refractivity contribution in [3.8, 4) is 0 Å². The molecule has 3 rings (SSSR count). The molecule has 0 fully saturated rings. The number of benzene rings is 1. The summed E-state index contributed by atoms with van der Waals surface area (Å²) in [5, 5.41) is 12.4. The zero-order valence-electron chi connectivity index (χ0n) is 11.1. The van der Waals surface area contributed by atoms with E-state index in [1.54, 1.807) is 11.3 Å². The van der Waals surface area contributed by atoms with Crippen molar-refractivity contribution < 1.29 is 17.6 Å². The molecule has 0 atom stereocenters. The van der Waals surface area contributed by atoms with Gasteiger partial charge in [-0.05, 0) is 35.7 Å². The van der Waals surface area contributed by atoms with E-state index in [2.05, 4.69) is 15.5 Å². The first-order valence-electron chi connectivity index (χ1n) is 6.30. The van der Waals surface area contributed by atoms with Crippen molar-refractivity contribution >= 4 is 23.0 Å². The van der Waals surface area contributed by atoms with Gasteiger partial charge in [0.1, 0.15) is 0 Å². The minimum Gasteiger partial charge on any atom is -0.408 e. The number of hydrogen-bond acceptors (Lipinski definition) is 5. The van der Waals surface area contributed by atoms with Gasteiger partial charge in [-0.3, -0.25) is 0 Å². The molecule has 2 heterocycles. The lowest BCUT2D eigenvalue weighted by Gasteiger charge is -2.07. The standard InChI is InChI=1S/C14H10F3N3OS/c15-14(16,17)9-3-5-10(6-4-9)18-13-20-19-12(21-13)8-11-2-1-7-22-11/h1-7H,8H2,(H,18,20). The van der Waals surface area contributed by atoms with Gasteiger partial charge in [0.05, 0.1) is 12.0 Å². The number of halogens is 3. The van der Waals surface area contributed by atoms with Crippen LogP contribution in [0.4, 0.5) is 24.9 Å². The Hall–Kier alpha value is -2.35. The van der Waals surface area contributed by atoms with Crippen LogP contribution in [0.3, 0.4) is 0 Å². The molecule has 3 aromatic rings. The van der Waals surface area contributed by atoms with Gasteiger partial charge < -0.3 is 9.73 Å². The molecule has 0 amide bonds. The summed E-state index contributed by atoms with van der Waals surface area (Å²) < 4.78 is 42.8. The molecule has 1 N–H and O–H groups in total. The molecule has 0 radical (unpaired) electrons. The highest BCUT2D eigenvalue weighted by Crippen LogP contribution is 2.30. The topological polar surface area (TPSA) is 51.0 Å². The van der Waals surface area contributed by atoms with Gasteiger partial charge in [-0.2, -0.15) is 13.2 Å². The lowest BCUT2D eigenvalue weighted by Crippen LogP contribution is -2.04. The van der Waals surface area contributed by atoms with Crippen LogP contribution < -0.4 is 5.32 Å². The van der Waals surface area contributed by atoms with Gasteiger partial charge in [0.15, 0.2) is 0 Å². The number of rotatable bonds is 4. The summed E-state index contributed by atoms with van der Waals surface area (Å²) in [4.78, 5) is 1.09. The van der Waals surface area contributed by atoms with Crippen molar-refractivity contribution in [2.45, 2.75) is 12.6 Å². The van der Waals surface area contributed by atoms with Gasteiger partial charge >= 0.3 is 12.2 Å². The number of nitrogens with zero attached hydrogens (tertiary/aromatic N) is 2. The fourth-order valence-corrected chi connectivity index (χ4v) is 2.50. The predicted molar refractivity (Wildman–Crippen MR) is 76.1 cm³/mol. The van der Waals surface area contributed by atoms with Crippen LogP contribution in [0.25, 0.3) is 0 Å². The molecule has 0 aliphatic carbocycles. The van der Waals surface area contributed by atoms with E-state index in [9.17, 15) is 13.2 Å². The van der Waals surface area contributed by atoms with Crippen LogP contribution in [0.1, 0.15) is 16.3 Å². The van der Waals surface area contributed by atoms with Crippen LogP contribution in [0, 0.1) is 0 Å². The van der Waals surface area contributed by atoms with E-state index < -0.39 is 11.7 Å². The lowest BCUT2D eigenvalue weighted by atomic mass is 10.2. The van der Waals surface area contributed by atoms with E-state index in [1.165, 1.54) is 12.1 Å². The van der Waals surface area contributed by atoms with E-state index >= 15 is 0 Å². The van der Waals surface area contributed by atoms with Gasteiger partial charge in [0, 0.05) is 10.6 Å². The summed E-state index contributed by atoms with van der Waals surface area (Å²) in [5.74, 6) is 0.442. The molecule has 0 saturated carbocycles. The van der Waals surface area contributed by atoms with E-state index in [-0.39, 0.29) is 6.01 Å². The quantitative estimate of drug-likeness (QED) is 0.768. The molecule has 2 aromatic heterocycles. The van der Waals surface area contributed by atoms with Crippen molar-refractivity contribution in [2.24, 2.45) is 0 Å².